The number of ether oxygens (including phenoxy) is 5. The number of amides is 2. The predicted molar refractivity (Wildman–Crippen MR) is 261 cm³/mol. The predicted octanol–water partition coefficient (Wildman–Crippen LogP) is 8.43. The van der Waals surface area contributed by atoms with Gasteiger partial charge in [0.15, 0.2) is 0 Å². The van der Waals surface area contributed by atoms with Gasteiger partial charge in [0.05, 0.1) is 49.1 Å². The molecule has 0 radical (unpaired) electrons. The second kappa shape index (κ2) is 22.9. The zero-order valence-corrected chi connectivity index (χ0v) is 40.3. The van der Waals surface area contributed by atoms with Crippen molar-refractivity contribution < 1.29 is 56.7 Å². The molecular weight excluding hydrogens is 905 g/mol. The second-order valence-corrected chi connectivity index (χ2v) is 19.3. The third-order valence-electron chi connectivity index (χ3n) is 13.0. The molecule has 1 aliphatic heterocycles. The number of nitrogens with one attached hydrogen (secondary N) is 2. The Morgan fingerprint density at radius 3 is 2.32 bits per heavy atom. The number of unbranched alkanes of at least 4 members (excludes halogenated alkanes) is 2. The van der Waals surface area contributed by atoms with Crippen LogP contribution in [0.1, 0.15) is 68.9 Å². The smallest absolute Gasteiger partial charge is 0.417 e. The van der Waals surface area contributed by atoms with E-state index in [1.165, 1.54) is 56.8 Å². The van der Waals surface area contributed by atoms with Crippen LogP contribution in [0.4, 0.5) is 16.2 Å². The number of nitrogens with zero attached hydrogens (tertiary/aromatic N) is 2. The number of carbonyl (C=O) groups is 2. The molecule has 3 aliphatic rings. The van der Waals surface area contributed by atoms with Gasteiger partial charge in [-0.2, -0.15) is 4.31 Å². The van der Waals surface area contributed by atoms with Crippen LogP contribution in [0.25, 0.3) is 0 Å². The molecule has 2 aliphatic carbocycles. The van der Waals surface area contributed by atoms with Crippen molar-refractivity contribution in [2.24, 2.45) is 22.9 Å². The molecule has 1 heterocycles. The zero-order chi connectivity index (χ0) is 49.1. The van der Waals surface area contributed by atoms with E-state index >= 15 is 0 Å². The fourth-order valence-corrected chi connectivity index (χ4v) is 11.3. The summed E-state index contributed by atoms with van der Waals surface area (Å²) in [5.74, 6) is -1.85. The highest BCUT2D eigenvalue weighted by Gasteiger charge is 2.65. The molecule has 4 N–H and O–H groups in total. The molecule has 2 amide bonds. The zero-order valence-electron chi connectivity index (χ0n) is 39.5. The van der Waals surface area contributed by atoms with Crippen LogP contribution in [-0.4, -0.2) is 93.6 Å². The van der Waals surface area contributed by atoms with Gasteiger partial charge in [0.25, 0.3) is 0 Å². The highest BCUT2D eigenvalue weighted by Crippen LogP contribution is 2.62. The van der Waals surface area contributed by atoms with Gasteiger partial charge in [-0.25, -0.2) is 13.2 Å². The number of allylic oxidation sites excluding steroid dienone is 1. The maximum atomic E-state index is 15.0. The number of carbonyl (C=O) groups excluding carboxylic acids is 2. The van der Waals surface area contributed by atoms with E-state index in [9.17, 15) is 28.2 Å². The first-order valence-corrected chi connectivity index (χ1v) is 24.6. The maximum absolute atomic E-state index is 15.0. The number of rotatable bonds is 22. The van der Waals surface area contributed by atoms with Gasteiger partial charge in [-0.1, -0.05) is 60.5 Å². The summed E-state index contributed by atoms with van der Waals surface area (Å²) >= 11 is 0. The largest absolute Gasteiger partial charge is 0.497 e. The molecule has 0 bridgehead atoms. The van der Waals surface area contributed by atoms with Crippen molar-refractivity contribution in [3.8, 4) is 23.0 Å². The van der Waals surface area contributed by atoms with Gasteiger partial charge in [-0.3, -0.25) is 10.1 Å². The van der Waals surface area contributed by atoms with Crippen LogP contribution >= 0.6 is 0 Å². The van der Waals surface area contributed by atoms with E-state index in [2.05, 4.69) is 23.3 Å². The first kappa shape index (κ1) is 50.6. The average Bonchev–Trinajstić information content (AvgIpc) is 3.34. The van der Waals surface area contributed by atoms with E-state index in [0.717, 1.165) is 17.6 Å². The Bertz CT molecular complexity index is 2610. The molecule has 0 aromatic heterocycles. The van der Waals surface area contributed by atoms with Crippen molar-refractivity contribution in [1.29, 1.82) is 0 Å². The maximum Gasteiger partial charge on any atom is 0.417 e. The standard InChI is InChI=1S/C52H62N4O12S/c1-6-28-65-52-48(56(3)69(61,62)40-22-18-37(19-23-40)53-34(2)59)32-45(55-66-33-35-14-8-7-9-15-35)42-29-36(16-10-12-26-57)41(17-11-13-27-58)49(50(42)52)43-30-39(21-25-46(43)68-52)67-51(60)54-44-24-20-38(63-4)31-47(44)64-5/h6-9,14-15,18-25,29-31,36,41,48-50,57-58H,1,10-13,16-17,26-28,32-33H2,2-5H3,(H,53,59)(H,54,60). The number of methoxy groups -OCH3 is 2. The Morgan fingerprint density at radius 2 is 1.64 bits per heavy atom. The van der Waals surface area contributed by atoms with Crippen LogP contribution in [0.15, 0.2) is 125 Å². The van der Waals surface area contributed by atoms with Gasteiger partial charge in [0.2, 0.25) is 21.7 Å². The van der Waals surface area contributed by atoms with Gasteiger partial charge in [0.1, 0.15) is 29.6 Å². The molecule has 1 saturated carbocycles. The molecule has 4 aromatic carbocycles. The minimum absolute atomic E-state index is 0.00132. The van der Waals surface area contributed by atoms with Gasteiger partial charge in [-0.15, -0.1) is 6.58 Å². The molecule has 16 nitrogen and oxygen atoms in total. The highest BCUT2D eigenvalue weighted by molar-refractivity contribution is 7.89. The minimum atomic E-state index is -4.31. The fraction of sp³-hybridized carbons (Fsp3) is 0.404. The molecule has 7 rings (SSSR count). The lowest BCUT2D eigenvalue weighted by Gasteiger charge is -2.59. The molecule has 69 heavy (non-hydrogen) atoms. The molecular formula is C52H62N4O12S. The molecule has 6 unspecified atom stereocenters. The Morgan fingerprint density at radius 1 is 0.913 bits per heavy atom. The Hall–Kier alpha value is -6.24. The van der Waals surface area contributed by atoms with Crippen molar-refractivity contribution in [1.82, 2.24) is 4.31 Å². The highest BCUT2D eigenvalue weighted by atomic mass is 32.2. The van der Waals surface area contributed by atoms with Crippen molar-refractivity contribution in [2.45, 2.75) is 81.1 Å². The lowest BCUT2D eigenvalue weighted by atomic mass is 9.55. The molecule has 17 heteroatoms. The topological polar surface area (TPSA) is 204 Å². The number of hydrogen-bond donors (Lipinski definition) is 4. The third-order valence-corrected chi connectivity index (χ3v) is 14.9. The van der Waals surface area contributed by atoms with Crippen LogP contribution in [0, 0.1) is 17.8 Å². The molecule has 368 valence electrons. The lowest BCUT2D eigenvalue weighted by Crippen LogP contribution is -2.69. The lowest BCUT2D eigenvalue weighted by molar-refractivity contribution is -0.250. The third kappa shape index (κ3) is 11.3. The number of likely N-dealkylation sites (N-methyl/N-ethyl adjacent to an activating group) is 1. The quantitative estimate of drug-likeness (QED) is 0.0333. The molecule has 1 fully saturated rings. The van der Waals surface area contributed by atoms with Crippen LogP contribution in [-0.2, 0) is 31.0 Å². The average molecular weight is 967 g/mol. The van der Waals surface area contributed by atoms with E-state index in [1.54, 1.807) is 42.5 Å². The number of oxime groups is 1. The van der Waals surface area contributed by atoms with Crippen LogP contribution in [0.3, 0.4) is 0 Å². The summed E-state index contributed by atoms with van der Waals surface area (Å²) in [4.78, 5) is 31.6. The first-order chi connectivity index (χ1) is 33.4. The number of benzene rings is 4. The van der Waals surface area contributed by atoms with Gasteiger partial charge in [-0.05, 0) is 103 Å². The van der Waals surface area contributed by atoms with Crippen molar-refractivity contribution in [2.75, 3.05) is 51.7 Å². The summed E-state index contributed by atoms with van der Waals surface area (Å²) in [6, 6.07) is 24.6. The van der Waals surface area contributed by atoms with Crippen LogP contribution in [0.2, 0.25) is 0 Å². The van der Waals surface area contributed by atoms with E-state index in [4.69, 9.17) is 33.7 Å². The fourth-order valence-electron chi connectivity index (χ4n) is 9.92. The monoisotopic (exact) mass is 966 g/mol. The summed E-state index contributed by atoms with van der Waals surface area (Å²) < 4.78 is 62.1. The number of aliphatic hydroxyl groups excluding tert-OH is 2. The summed E-state index contributed by atoms with van der Waals surface area (Å²) in [6.07, 6.45) is 6.95. The summed E-state index contributed by atoms with van der Waals surface area (Å²) in [7, 11) is 0.201. The molecule has 0 spiro atoms. The number of aliphatic hydroxyl groups is 2. The summed E-state index contributed by atoms with van der Waals surface area (Å²) in [5, 5.41) is 30.2. The second-order valence-electron chi connectivity index (χ2n) is 17.3. The molecule has 0 saturated heterocycles. The van der Waals surface area contributed by atoms with Gasteiger partial charge in [0, 0.05) is 56.8 Å². The molecule has 4 aromatic rings. The van der Waals surface area contributed by atoms with Gasteiger partial charge >= 0.3 is 6.09 Å². The van der Waals surface area contributed by atoms with Crippen LogP contribution < -0.4 is 29.6 Å². The summed E-state index contributed by atoms with van der Waals surface area (Å²) in [5.41, 5.74) is 3.68. The number of hydrogen-bond acceptors (Lipinski definition) is 13. The number of fused-ring (bicyclic) bond motifs is 2. The van der Waals surface area contributed by atoms with Gasteiger partial charge < -0.3 is 44.1 Å². The Balaban J connectivity index is 1.39. The Labute approximate surface area is 403 Å². The van der Waals surface area contributed by atoms with E-state index in [-0.39, 0.29) is 61.2 Å². The minimum Gasteiger partial charge on any atom is -0.497 e. The SMILES string of the molecule is C=CCOC12Oc3ccc(OC(=O)Nc4ccc(OC)cc4OC)cc3C3C(CCCCO)C(CCCCO)C=C(C(=NOCc4ccccc4)CC1N(C)S(=O)(=O)c1ccc(NC(C)=O)cc1)C32. The number of anilines is 2. The van der Waals surface area contributed by atoms with Crippen molar-refractivity contribution in [3.63, 3.8) is 0 Å². The van der Waals surface area contributed by atoms with E-state index in [1.807, 2.05) is 30.3 Å². The van der Waals surface area contributed by atoms with Crippen molar-refractivity contribution in [3.05, 3.63) is 126 Å². The first-order valence-electron chi connectivity index (χ1n) is 23.2. The van der Waals surface area contributed by atoms with Crippen LogP contribution in [0.5, 0.6) is 23.0 Å². The van der Waals surface area contributed by atoms with E-state index in [0.29, 0.717) is 72.0 Å². The normalized spacial score (nSPS) is 22.0. The van der Waals surface area contributed by atoms with E-state index < -0.39 is 39.8 Å². The summed E-state index contributed by atoms with van der Waals surface area (Å²) in [6.45, 7) is 5.51. The Kier molecular flexibility index (Phi) is 16.8. The number of sulfonamides is 1. The molecule has 6 atom stereocenters. The van der Waals surface area contributed by atoms with Crippen molar-refractivity contribution >= 4 is 39.1 Å².